The highest BCUT2D eigenvalue weighted by atomic mass is 127. The fourth-order valence-electron chi connectivity index (χ4n) is 3.45. The van der Waals surface area contributed by atoms with Crippen molar-refractivity contribution in [3.05, 3.63) is 32.8 Å². The van der Waals surface area contributed by atoms with Gasteiger partial charge in [0.1, 0.15) is 12.3 Å². The lowest BCUT2D eigenvalue weighted by Gasteiger charge is -2.37. The fourth-order valence-corrected chi connectivity index (χ4v) is 5.25. The zero-order valence-corrected chi connectivity index (χ0v) is 24.2. The van der Waals surface area contributed by atoms with Crippen LogP contribution in [0, 0.1) is 3.57 Å². The molecule has 1 saturated heterocycles. The number of nitrogens with one attached hydrogen (secondary N) is 1. The third kappa shape index (κ3) is 5.98. The van der Waals surface area contributed by atoms with Crippen molar-refractivity contribution in [3.8, 4) is 0 Å². The highest BCUT2D eigenvalue weighted by Gasteiger charge is 2.42. The molecule has 11 heteroatoms. The molecule has 2 aromatic rings. The lowest BCUT2D eigenvalue weighted by molar-refractivity contribution is -0.0535. The fraction of sp³-hybridized carbons (Fsp3) is 0.609. The van der Waals surface area contributed by atoms with E-state index in [-0.39, 0.29) is 35.0 Å². The van der Waals surface area contributed by atoms with Crippen LogP contribution < -0.4 is 5.56 Å². The van der Waals surface area contributed by atoms with Gasteiger partial charge in [-0.3, -0.25) is 9.78 Å². The molecule has 0 radical (unpaired) electrons. The Labute approximate surface area is 215 Å². The molecule has 1 aliphatic rings. The minimum Gasteiger partial charge on any atom is -0.414 e. The number of H-pyrrole nitrogens is 1. The van der Waals surface area contributed by atoms with Crippen LogP contribution in [0.2, 0.25) is 18.1 Å². The Kier molecular flexibility index (Phi) is 8.44. The van der Waals surface area contributed by atoms with Crippen LogP contribution in [-0.4, -0.2) is 73.6 Å². The van der Waals surface area contributed by atoms with E-state index in [9.17, 15) is 4.79 Å². The molecule has 3 atom stereocenters. The molecule has 0 aliphatic carbocycles. The smallest absolute Gasteiger partial charge is 0.262 e. The summed E-state index contributed by atoms with van der Waals surface area (Å²) < 4.78 is 21.7. The summed E-state index contributed by atoms with van der Waals surface area (Å²) in [5.74, 6) is 0.247. The zero-order valence-electron chi connectivity index (χ0n) is 21.1. The first-order valence-corrected chi connectivity index (χ1v) is 15.4. The lowest BCUT2D eigenvalue weighted by atomic mass is 10.2. The molecule has 1 aliphatic heterocycles. The van der Waals surface area contributed by atoms with Gasteiger partial charge in [0.05, 0.1) is 31.0 Å². The number of aromatic nitrogens is 3. The largest absolute Gasteiger partial charge is 0.414 e. The van der Waals surface area contributed by atoms with Crippen LogP contribution in [0.25, 0.3) is 11.0 Å². The topological polar surface area (TPSA) is 94.0 Å². The minimum absolute atomic E-state index is 0.101. The Bertz CT molecular complexity index is 1110. The number of aromatic amines is 1. The molecule has 0 bridgehead atoms. The van der Waals surface area contributed by atoms with Crippen LogP contribution in [0.4, 0.5) is 5.95 Å². The zero-order chi connectivity index (χ0) is 25.3. The summed E-state index contributed by atoms with van der Waals surface area (Å²) in [6, 6.07) is 0. The van der Waals surface area contributed by atoms with Gasteiger partial charge in [-0.2, -0.15) is 4.98 Å². The third-order valence-electron chi connectivity index (χ3n) is 6.37. The monoisotopic (exact) mass is 601 g/mol. The van der Waals surface area contributed by atoms with Gasteiger partial charge in [-0.05, 0) is 40.7 Å². The molecule has 1 fully saturated rings. The summed E-state index contributed by atoms with van der Waals surface area (Å²) in [6.45, 7) is 15.8. The van der Waals surface area contributed by atoms with Crippen LogP contribution in [0.5, 0.6) is 0 Å². The van der Waals surface area contributed by atoms with E-state index in [2.05, 4.69) is 78.0 Å². The van der Waals surface area contributed by atoms with Gasteiger partial charge >= 0.3 is 0 Å². The average molecular weight is 602 g/mol. The van der Waals surface area contributed by atoms with Crippen LogP contribution in [0.15, 0.2) is 28.6 Å². The molecular weight excluding hydrogens is 565 g/mol. The van der Waals surface area contributed by atoms with Crippen LogP contribution in [0.3, 0.4) is 0 Å². The van der Waals surface area contributed by atoms with Gasteiger partial charge in [0, 0.05) is 30.3 Å². The van der Waals surface area contributed by atoms with Crippen molar-refractivity contribution in [2.45, 2.75) is 63.8 Å². The Hall–Kier alpha value is -1.54. The molecule has 0 amide bonds. The quantitative estimate of drug-likeness (QED) is 0.150. The maximum absolute atomic E-state index is 12.8. The number of halogens is 1. The Morgan fingerprint density at radius 2 is 2.15 bits per heavy atom. The van der Waals surface area contributed by atoms with Gasteiger partial charge in [0.2, 0.25) is 5.95 Å². The van der Waals surface area contributed by atoms with Crippen molar-refractivity contribution < 1.29 is 13.9 Å². The van der Waals surface area contributed by atoms with Crippen LogP contribution >= 0.6 is 22.6 Å². The lowest BCUT2D eigenvalue weighted by Crippen LogP contribution is -2.44. The molecule has 188 valence electrons. The van der Waals surface area contributed by atoms with E-state index >= 15 is 0 Å². The van der Waals surface area contributed by atoms with Gasteiger partial charge in [-0.15, -0.1) is 6.58 Å². The highest BCUT2D eigenvalue weighted by Crippen LogP contribution is 2.39. The van der Waals surface area contributed by atoms with E-state index in [1.807, 2.05) is 24.9 Å². The van der Waals surface area contributed by atoms with Crippen molar-refractivity contribution in [3.63, 3.8) is 0 Å². The van der Waals surface area contributed by atoms with Crippen LogP contribution in [-0.2, 0) is 13.9 Å². The number of aliphatic imine (C=N–C) groups is 1. The standard InChI is InChI=1S/C23H36IN5O4Si/c1-9-10-31-16-11-18(33-17(16)13-32-34(7,8)23(2,3)4)29-12-15(24)19-20(29)26-22(27-21(19)30)25-14-28(5)6/h9,12,14,16-18H,1,10-11,13H2,2-8H3,(H,26,27,30)/t16?,17-,18-/m1/s1. The summed E-state index contributed by atoms with van der Waals surface area (Å²) in [7, 11) is 1.76. The Balaban J connectivity index is 1.92. The summed E-state index contributed by atoms with van der Waals surface area (Å²) in [5.41, 5.74) is 0.312. The predicted molar refractivity (Wildman–Crippen MR) is 147 cm³/mol. The number of nitrogens with zero attached hydrogens (tertiary/aromatic N) is 4. The predicted octanol–water partition coefficient (Wildman–Crippen LogP) is 4.43. The van der Waals surface area contributed by atoms with E-state index < -0.39 is 8.32 Å². The minimum atomic E-state index is -1.95. The molecule has 3 rings (SSSR count). The van der Waals surface area contributed by atoms with Crippen molar-refractivity contribution in [1.82, 2.24) is 19.4 Å². The molecular formula is C23H36IN5O4Si. The second kappa shape index (κ2) is 10.6. The van der Waals surface area contributed by atoms with Gasteiger partial charge in [-0.25, -0.2) is 4.99 Å². The maximum atomic E-state index is 12.8. The second-order valence-electron chi connectivity index (χ2n) is 10.3. The first kappa shape index (κ1) is 27.1. The first-order valence-electron chi connectivity index (χ1n) is 11.4. The maximum Gasteiger partial charge on any atom is 0.262 e. The Morgan fingerprint density at radius 3 is 2.76 bits per heavy atom. The summed E-state index contributed by atoms with van der Waals surface area (Å²) in [6.07, 6.45) is 5.13. The normalized spacial score (nSPS) is 21.6. The number of hydrogen-bond acceptors (Lipinski definition) is 6. The second-order valence-corrected chi connectivity index (χ2v) is 16.2. The first-order chi connectivity index (χ1) is 15.8. The average Bonchev–Trinajstić information content (AvgIpc) is 3.29. The number of rotatable bonds is 9. The SMILES string of the molecule is C=CCOC1C[C@H](n2cc(I)c3c(=O)[nH]c(N=CN(C)C)nc32)O[C@@H]1CO[Si](C)(C)C(C)(C)C. The molecule has 0 saturated carbocycles. The van der Waals surface area contributed by atoms with Gasteiger partial charge in [0.15, 0.2) is 14.0 Å². The Morgan fingerprint density at radius 1 is 1.44 bits per heavy atom. The molecule has 0 aromatic carbocycles. The molecule has 3 heterocycles. The summed E-state index contributed by atoms with van der Waals surface area (Å²) in [5, 5.41) is 0.626. The van der Waals surface area contributed by atoms with Crippen molar-refractivity contribution in [2.24, 2.45) is 4.99 Å². The van der Waals surface area contributed by atoms with Gasteiger partial charge in [-0.1, -0.05) is 26.8 Å². The van der Waals surface area contributed by atoms with Gasteiger partial charge in [0.25, 0.3) is 5.56 Å². The third-order valence-corrected chi connectivity index (χ3v) is 11.7. The van der Waals surface area contributed by atoms with Gasteiger partial charge < -0.3 is 23.4 Å². The van der Waals surface area contributed by atoms with E-state index in [1.165, 1.54) is 0 Å². The summed E-state index contributed by atoms with van der Waals surface area (Å²) in [4.78, 5) is 26.2. The molecule has 34 heavy (non-hydrogen) atoms. The molecule has 9 nitrogen and oxygen atoms in total. The van der Waals surface area contributed by atoms with E-state index in [4.69, 9.17) is 13.9 Å². The van der Waals surface area contributed by atoms with E-state index in [0.29, 0.717) is 30.7 Å². The van der Waals surface area contributed by atoms with E-state index in [1.54, 1.807) is 17.3 Å². The van der Waals surface area contributed by atoms with Crippen molar-refractivity contribution in [2.75, 3.05) is 27.3 Å². The van der Waals surface area contributed by atoms with E-state index in [0.717, 1.165) is 3.57 Å². The van der Waals surface area contributed by atoms with Crippen LogP contribution in [0.1, 0.15) is 33.4 Å². The number of ether oxygens (including phenoxy) is 2. The highest BCUT2D eigenvalue weighted by molar-refractivity contribution is 14.1. The van der Waals surface area contributed by atoms with Crippen molar-refractivity contribution in [1.29, 1.82) is 0 Å². The summed E-state index contributed by atoms with van der Waals surface area (Å²) >= 11 is 2.16. The number of hydrogen-bond donors (Lipinski definition) is 1. The molecule has 1 N–H and O–H groups in total. The number of fused-ring (bicyclic) bond motifs is 1. The molecule has 2 aromatic heterocycles. The van der Waals surface area contributed by atoms with Crippen molar-refractivity contribution >= 4 is 54.2 Å². The molecule has 1 unspecified atom stereocenters. The molecule has 0 spiro atoms.